The van der Waals surface area contributed by atoms with Crippen LogP contribution >= 0.6 is 45.6 Å². The average Bonchev–Trinajstić information content (AvgIpc) is 2.95. The van der Waals surface area contributed by atoms with E-state index in [-0.39, 0.29) is 15.6 Å². The first kappa shape index (κ1) is 22.8. The van der Waals surface area contributed by atoms with E-state index in [0.29, 0.717) is 11.0 Å². The van der Waals surface area contributed by atoms with Crippen LogP contribution in [0.15, 0.2) is 12.1 Å². The van der Waals surface area contributed by atoms with Crippen molar-refractivity contribution in [2.75, 3.05) is 5.75 Å². The molecule has 0 amide bonds. The van der Waals surface area contributed by atoms with Crippen molar-refractivity contribution in [3.05, 3.63) is 28.8 Å². The van der Waals surface area contributed by atoms with Crippen molar-refractivity contribution in [3.63, 3.8) is 0 Å². The van der Waals surface area contributed by atoms with Gasteiger partial charge in [0, 0.05) is 11.0 Å². The molecule has 3 rings (SSSR count). The third-order valence-electron chi connectivity index (χ3n) is 5.84. The molecule has 2 fully saturated rings. The zero-order valence-electron chi connectivity index (χ0n) is 18.1. The number of thiocarbonyl (C=S) groups is 1. The van der Waals surface area contributed by atoms with Gasteiger partial charge in [0.25, 0.3) is 0 Å². The third-order valence-corrected chi connectivity index (χ3v) is 11.4. The van der Waals surface area contributed by atoms with Crippen molar-refractivity contribution in [2.45, 2.75) is 94.5 Å². The van der Waals surface area contributed by atoms with Gasteiger partial charge < -0.3 is 5.11 Å². The van der Waals surface area contributed by atoms with Gasteiger partial charge in [-0.3, -0.25) is 0 Å². The third kappa shape index (κ3) is 4.58. The first-order valence-electron chi connectivity index (χ1n) is 10.4. The lowest BCUT2D eigenvalue weighted by Crippen LogP contribution is -2.33. The maximum Gasteiger partial charge on any atom is 0.123 e. The summed E-state index contributed by atoms with van der Waals surface area (Å²) < 4.78 is 0.985. The van der Waals surface area contributed by atoms with E-state index >= 15 is 0 Å². The van der Waals surface area contributed by atoms with Crippen molar-refractivity contribution in [2.24, 2.45) is 0 Å². The van der Waals surface area contributed by atoms with Crippen LogP contribution in [0.5, 0.6) is 5.75 Å². The highest BCUT2D eigenvalue weighted by molar-refractivity contribution is 8.84. The lowest BCUT2D eigenvalue weighted by molar-refractivity contribution is 0.422. The monoisotopic (exact) mass is 454 g/mol. The zero-order valence-corrected chi connectivity index (χ0v) is 21.3. The fourth-order valence-corrected chi connectivity index (χ4v) is 10.1. The Morgan fingerprint density at radius 1 is 1.00 bits per heavy atom. The summed E-state index contributed by atoms with van der Waals surface area (Å²) in [6.07, 6.45) is 6.68. The molecule has 1 saturated heterocycles. The summed E-state index contributed by atoms with van der Waals surface area (Å²) in [7, 11) is 3.68. The summed E-state index contributed by atoms with van der Waals surface area (Å²) in [6.45, 7) is 13.1. The van der Waals surface area contributed by atoms with Crippen LogP contribution in [0, 0.1) is 0 Å². The molecule has 0 bridgehead atoms. The van der Waals surface area contributed by atoms with Crippen LogP contribution < -0.4 is 0 Å². The Morgan fingerprint density at radius 2 is 1.54 bits per heavy atom. The van der Waals surface area contributed by atoms with Gasteiger partial charge in [-0.2, -0.15) is 0 Å². The minimum absolute atomic E-state index is 0.114. The molecule has 1 unspecified atom stereocenters. The fourth-order valence-electron chi connectivity index (χ4n) is 4.12. The number of thioether (sulfide) groups is 1. The van der Waals surface area contributed by atoms with Crippen LogP contribution in [-0.2, 0) is 15.6 Å². The average molecular weight is 455 g/mol. The molecule has 2 aliphatic rings. The number of rotatable bonds is 3. The number of hydrogen-bond donors (Lipinski definition) is 1. The number of phenolic OH excluding ortho intramolecular Hbond substituents is 1. The maximum atomic E-state index is 11.1. The van der Waals surface area contributed by atoms with E-state index in [0.717, 1.165) is 21.1 Å². The summed E-state index contributed by atoms with van der Waals surface area (Å²) >= 11 is 8.08. The maximum absolute atomic E-state index is 11.1. The lowest BCUT2D eigenvalue weighted by Gasteiger charge is -2.36. The Balaban J connectivity index is 2.15. The van der Waals surface area contributed by atoms with E-state index in [1.807, 2.05) is 10.8 Å². The van der Waals surface area contributed by atoms with Crippen LogP contribution in [0.3, 0.4) is 0 Å². The molecule has 0 radical (unpaired) electrons. The van der Waals surface area contributed by atoms with E-state index in [9.17, 15) is 5.11 Å². The van der Waals surface area contributed by atoms with E-state index in [1.165, 1.54) is 37.7 Å². The van der Waals surface area contributed by atoms with Crippen LogP contribution in [-0.4, -0.2) is 20.3 Å². The van der Waals surface area contributed by atoms with Crippen LogP contribution in [0.4, 0.5) is 0 Å². The molecule has 5 heteroatoms. The second-order valence-electron chi connectivity index (χ2n) is 10.3. The predicted molar refractivity (Wildman–Crippen MR) is 134 cm³/mol. The van der Waals surface area contributed by atoms with Crippen molar-refractivity contribution in [1.82, 2.24) is 0 Å². The van der Waals surface area contributed by atoms with E-state index in [4.69, 9.17) is 12.2 Å². The summed E-state index contributed by atoms with van der Waals surface area (Å²) in [5.41, 5.74) is 3.17. The molecule has 0 aromatic heterocycles. The van der Waals surface area contributed by atoms with E-state index in [2.05, 4.69) is 65.4 Å². The van der Waals surface area contributed by atoms with Gasteiger partial charge in [-0.25, -0.2) is 0 Å². The molecule has 28 heavy (non-hydrogen) atoms. The van der Waals surface area contributed by atoms with Crippen molar-refractivity contribution in [3.8, 4) is 5.75 Å². The van der Waals surface area contributed by atoms with Gasteiger partial charge in [0.2, 0.25) is 0 Å². The van der Waals surface area contributed by atoms with Gasteiger partial charge in [-0.15, -0.1) is 11.8 Å². The highest BCUT2D eigenvalue weighted by atomic mass is 33.1. The summed E-state index contributed by atoms with van der Waals surface area (Å²) in [4.78, 5) is 0. The molecule has 156 valence electrons. The molecule has 1 aliphatic heterocycles. The molecule has 1 heterocycles. The zero-order chi connectivity index (χ0) is 20.7. The number of hydrogen-bond acceptors (Lipinski definition) is 5. The van der Waals surface area contributed by atoms with E-state index in [1.54, 1.807) is 10.8 Å². The lowest BCUT2D eigenvalue weighted by atomic mass is 9.77. The second kappa shape index (κ2) is 8.36. The second-order valence-corrected chi connectivity index (χ2v) is 14.8. The normalized spacial score (nSPS) is 24.7. The molecule has 1 nitrogen and oxygen atoms in total. The van der Waals surface area contributed by atoms with Crippen molar-refractivity contribution < 1.29 is 5.11 Å². The highest BCUT2D eigenvalue weighted by Gasteiger charge is 2.46. The topological polar surface area (TPSA) is 20.2 Å². The number of benzene rings is 1. The molecule has 1 aliphatic carbocycles. The Morgan fingerprint density at radius 3 is 1.96 bits per heavy atom. The minimum atomic E-state index is -0.125. The number of aromatic hydroxyl groups is 1. The standard InChI is InChI=1S/C23H34OS4/c1-21(2,3)17-12-15(13-18(19(17)24)22(4,5)6)23(14-26-28-20(23)25)27-16-10-8-7-9-11-16/h12-13,16,24H,7-11,14H2,1-6H3. The Kier molecular flexibility index (Phi) is 6.82. The van der Waals surface area contributed by atoms with Gasteiger partial charge in [0.05, 0.1) is 8.94 Å². The first-order chi connectivity index (χ1) is 12.9. The molecule has 1 aromatic rings. The van der Waals surface area contributed by atoms with Crippen molar-refractivity contribution >= 4 is 49.8 Å². The van der Waals surface area contributed by atoms with Gasteiger partial charge in [-0.05, 0) is 63.3 Å². The smallest absolute Gasteiger partial charge is 0.123 e. The van der Waals surface area contributed by atoms with Gasteiger partial charge >= 0.3 is 0 Å². The highest BCUT2D eigenvalue weighted by Crippen LogP contribution is 2.57. The Bertz CT molecular complexity index is 703. The predicted octanol–water partition coefficient (Wildman–Crippen LogP) is 7.97. The molecule has 1 saturated carbocycles. The largest absolute Gasteiger partial charge is 0.507 e. The van der Waals surface area contributed by atoms with Gasteiger partial charge in [-0.1, -0.05) is 83.8 Å². The summed E-state index contributed by atoms with van der Waals surface area (Å²) in [5, 5.41) is 11.8. The van der Waals surface area contributed by atoms with E-state index < -0.39 is 0 Å². The molecule has 1 N–H and O–H groups in total. The Hall–Kier alpha value is 0.160. The fraction of sp³-hybridized carbons (Fsp3) is 0.696. The quantitative estimate of drug-likeness (QED) is 0.368. The Labute approximate surface area is 189 Å². The summed E-state index contributed by atoms with van der Waals surface area (Å²) in [6, 6.07) is 4.53. The molecule has 1 aromatic carbocycles. The summed E-state index contributed by atoms with van der Waals surface area (Å²) in [5.74, 6) is 1.49. The van der Waals surface area contributed by atoms with Crippen molar-refractivity contribution in [1.29, 1.82) is 0 Å². The number of phenols is 1. The molecular formula is C23H34OS4. The first-order valence-corrected chi connectivity index (χ1v) is 14.0. The minimum Gasteiger partial charge on any atom is -0.507 e. The van der Waals surface area contributed by atoms with Gasteiger partial charge in [0.15, 0.2) is 0 Å². The van der Waals surface area contributed by atoms with Gasteiger partial charge in [0.1, 0.15) is 5.75 Å². The van der Waals surface area contributed by atoms with Crippen LogP contribution in [0.2, 0.25) is 0 Å². The van der Waals surface area contributed by atoms with Crippen LogP contribution in [0.25, 0.3) is 0 Å². The van der Waals surface area contributed by atoms with Crippen LogP contribution in [0.1, 0.15) is 90.3 Å². The molecular weight excluding hydrogens is 421 g/mol. The molecule has 1 atom stereocenters. The molecule has 0 spiro atoms. The SMILES string of the molecule is CC(C)(C)c1cc(C2(SC3CCCCC3)CSSC2=S)cc(C(C)(C)C)c1O.